The molecule has 1 fully saturated rings. The number of hydrogen-bond acceptors (Lipinski definition) is 3. The number of rotatable bonds is 5. The number of carbonyl (C=O) groups excluding carboxylic acids is 1. The quantitative estimate of drug-likeness (QED) is 0.736. The first-order valence-corrected chi connectivity index (χ1v) is 9.75. The van der Waals surface area contributed by atoms with E-state index in [-0.39, 0.29) is 0 Å². The molecule has 0 radical (unpaired) electrons. The van der Waals surface area contributed by atoms with Crippen LogP contribution < -0.4 is 5.32 Å². The Bertz CT molecular complexity index is 717. The van der Waals surface area contributed by atoms with Crippen LogP contribution in [0.15, 0.2) is 48.5 Å². The summed E-state index contributed by atoms with van der Waals surface area (Å²) < 4.78 is 0. The fourth-order valence-electron chi connectivity index (χ4n) is 3.05. The summed E-state index contributed by atoms with van der Waals surface area (Å²) in [5.41, 5.74) is 1.59. The largest absolute Gasteiger partial charge is 0.389 e. The van der Waals surface area contributed by atoms with Crippen LogP contribution in [0.4, 0.5) is 0 Å². The van der Waals surface area contributed by atoms with Crippen LogP contribution in [0.2, 0.25) is 10.0 Å². The second-order valence-corrected chi connectivity index (χ2v) is 7.64. The van der Waals surface area contributed by atoms with Crippen molar-refractivity contribution in [3.05, 3.63) is 69.7 Å². The number of piperidine rings is 1. The maximum Gasteiger partial charge on any atom is 0.209 e. The van der Waals surface area contributed by atoms with Crippen LogP contribution in [0.1, 0.15) is 24.0 Å². The van der Waals surface area contributed by atoms with Crippen LogP contribution in [-0.4, -0.2) is 42.2 Å². The molecule has 1 saturated heterocycles. The van der Waals surface area contributed by atoms with E-state index < -0.39 is 5.60 Å². The van der Waals surface area contributed by atoms with E-state index in [0.717, 1.165) is 24.1 Å². The summed E-state index contributed by atoms with van der Waals surface area (Å²) >= 11 is 11.6. The molecule has 6 heteroatoms. The van der Waals surface area contributed by atoms with Crippen molar-refractivity contribution < 1.29 is 9.90 Å². The van der Waals surface area contributed by atoms with Crippen molar-refractivity contribution in [1.29, 1.82) is 0 Å². The maximum absolute atomic E-state index is 10.6. The normalized spacial score (nSPS) is 15.6. The minimum absolute atomic E-state index is 0.638. The first-order chi connectivity index (χ1) is 13.0. The van der Waals surface area contributed by atoms with E-state index in [2.05, 4.69) is 5.32 Å². The Morgan fingerprint density at radius 3 is 2.37 bits per heavy atom. The number of likely N-dealkylation sites (tertiary alicyclic amines) is 1. The minimum Gasteiger partial charge on any atom is -0.389 e. The molecule has 146 valence electrons. The van der Waals surface area contributed by atoms with Crippen molar-refractivity contribution in [1.82, 2.24) is 10.2 Å². The standard InChI is InChI=1S/C13H17NO2.C8H9Cl2N/c15-11-14-8-6-13(16,7-9-14)10-12-4-2-1-3-5-12;1-11-5-6-2-3-7(9)4-8(6)10/h1-5,11,16H,6-10H2;2-4,11H,5H2,1H3. The molecule has 4 nitrogen and oxygen atoms in total. The third-order valence-electron chi connectivity index (χ3n) is 4.64. The summed E-state index contributed by atoms with van der Waals surface area (Å²) in [5.74, 6) is 0. The molecule has 0 spiro atoms. The van der Waals surface area contributed by atoms with Crippen LogP contribution in [-0.2, 0) is 17.8 Å². The molecule has 2 aromatic carbocycles. The number of halogens is 2. The van der Waals surface area contributed by atoms with Crippen LogP contribution >= 0.6 is 23.2 Å². The highest BCUT2D eigenvalue weighted by Gasteiger charge is 2.31. The predicted octanol–water partition coefficient (Wildman–Crippen LogP) is 3.93. The first kappa shape index (κ1) is 21.7. The molecule has 0 unspecified atom stereocenters. The molecule has 0 aliphatic carbocycles. The van der Waals surface area contributed by atoms with E-state index in [4.69, 9.17) is 23.2 Å². The summed E-state index contributed by atoms with van der Waals surface area (Å²) in [5, 5.41) is 14.8. The van der Waals surface area contributed by atoms with Gasteiger partial charge in [0.15, 0.2) is 0 Å². The molecule has 2 N–H and O–H groups in total. The van der Waals surface area contributed by atoms with Gasteiger partial charge < -0.3 is 15.3 Å². The van der Waals surface area contributed by atoms with Crippen molar-refractivity contribution >= 4 is 29.6 Å². The van der Waals surface area contributed by atoms with E-state index in [1.165, 1.54) is 0 Å². The lowest BCUT2D eigenvalue weighted by atomic mass is 9.85. The van der Waals surface area contributed by atoms with E-state index >= 15 is 0 Å². The van der Waals surface area contributed by atoms with Crippen LogP contribution in [0.5, 0.6) is 0 Å². The van der Waals surface area contributed by atoms with Gasteiger partial charge >= 0.3 is 0 Å². The van der Waals surface area contributed by atoms with Gasteiger partial charge in [0, 0.05) is 36.1 Å². The molecule has 2 aromatic rings. The van der Waals surface area contributed by atoms with Gasteiger partial charge in [-0.1, -0.05) is 59.6 Å². The Kier molecular flexibility index (Phi) is 8.58. The molecule has 0 aromatic heterocycles. The second kappa shape index (κ2) is 10.7. The van der Waals surface area contributed by atoms with Crippen LogP contribution in [0.25, 0.3) is 0 Å². The Morgan fingerprint density at radius 2 is 1.81 bits per heavy atom. The van der Waals surface area contributed by atoms with Gasteiger partial charge in [0.1, 0.15) is 0 Å². The number of nitrogens with zero attached hydrogens (tertiary/aromatic N) is 1. The molecule has 27 heavy (non-hydrogen) atoms. The van der Waals surface area contributed by atoms with Gasteiger partial charge in [-0.15, -0.1) is 0 Å². The fraction of sp³-hybridized carbons (Fsp3) is 0.381. The van der Waals surface area contributed by atoms with Gasteiger partial charge in [-0.05, 0) is 43.1 Å². The lowest BCUT2D eigenvalue weighted by Crippen LogP contribution is -2.45. The van der Waals surface area contributed by atoms with Gasteiger partial charge in [0.25, 0.3) is 0 Å². The highest BCUT2D eigenvalue weighted by Crippen LogP contribution is 2.25. The minimum atomic E-state index is -0.638. The zero-order chi connectivity index (χ0) is 19.7. The number of nitrogens with one attached hydrogen (secondary N) is 1. The average Bonchev–Trinajstić information content (AvgIpc) is 2.66. The molecule has 0 atom stereocenters. The maximum atomic E-state index is 10.6. The summed E-state index contributed by atoms with van der Waals surface area (Å²) in [7, 11) is 1.88. The van der Waals surface area contributed by atoms with Crippen molar-refractivity contribution in [2.75, 3.05) is 20.1 Å². The van der Waals surface area contributed by atoms with E-state index in [1.54, 1.807) is 11.0 Å². The smallest absolute Gasteiger partial charge is 0.209 e. The van der Waals surface area contributed by atoms with Crippen molar-refractivity contribution in [3.8, 4) is 0 Å². The number of carbonyl (C=O) groups is 1. The second-order valence-electron chi connectivity index (χ2n) is 6.79. The predicted molar refractivity (Wildman–Crippen MR) is 111 cm³/mol. The number of aliphatic hydroxyl groups is 1. The van der Waals surface area contributed by atoms with Crippen molar-refractivity contribution in [2.24, 2.45) is 0 Å². The van der Waals surface area contributed by atoms with Crippen LogP contribution in [0.3, 0.4) is 0 Å². The zero-order valence-electron chi connectivity index (χ0n) is 15.5. The van der Waals surface area contributed by atoms with E-state index in [1.807, 2.05) is 49.5 Å². The summed E-state index contributed by atoms with van der Waals surface area (Å²) in [6, 6.07) is 15.5. The number of amides is 1. The Balaban J connectivity index is 0.000000208. The van der Waals surface area contributed by atoms with E-state index in [9.17, 15) is 9.90 Å². The van der Waals surface area contributed by atoms with Gasteiger partial charge in [-0.2, -0.15) is 0 Å². The Hall–Kier alpha value is -1.59. The van der Waals surface area contributed by atoms with Crippen LogP contribution in [0, 0.1) is 0 Å². The number of hydrogen-bond donors (Lipinski definition) is 2. The van der Waals surface area contributed by atoms with Gasteiger partial charge in [-0.25, -0.2) is 0 Å². The molecule has 0 bridgehead atoms. The Labute approximate surface area is 171 Å². The van der Waals surface area contributed by atoms with Gasteiger partial charge in [0.05, 0.1) is 5.60 Å². The Morgan fingerprint density at radius 1 is 1.15 bits per heavy atom. The van der Waals surface area contributed by atoms with Crippen molar-refractivity contribution in [2.45, 2.75) is 31.4 Å². The third kappa shape index (κ3) is 7.15. The lowest BCUT2D eigenvalue weighted by Gasteiger charge is -2.36. The van der Waals surface area contributed by atoms with Crippen molar-refractivity contribution in [3.63, 3.8) is 0 Å². The molecular formula is C21H26Cl2N2O2. The highest BCUT2D eigenvalue weighted by molar-refractivity contribution is 6.35. The highest BCUT2D eigenvalue weighted by atomic mass is 35.5. The molecule has 0 saturated carbocycles. The molecule has 1 heterocycles. The summed E-state index contributed by atoms with van der Waals surface area (Å²) in [6.07, 6.45) is 2.88. The van der Waals surface area contributed by atoms with Gasteiger partial charge in [-0.3, -0.25) is 4.79 Å². The molecule has 1 amide bonds. The molecule has 1 aliphatic rings. The van der Waals surface area contributed by atoms with E-state index in [0.29, 0.717) is 42.4 Å². The SMILES string of the molecule is CNCc1ccc(Cl)cc1Cl.O=CN1CCC(O)(Cc2ccccc2)CC1. The average molecular weight is 409 g/mol. The topological polar surface area (TPSA) is 52.6 Å². The first-order valence-electron chi connectivity index (χ1n) is 9.00. The lowest BCUT2D eigenvalue weighted by molar-refractivity contribution is -0.122. The summed E-state index contributed by atoms with van der Waals surface area (Å²) in [6.45, 7) is 2.09. The number of benzene rings is 2. The molecule has 1 aliphatic heterocycles. The fourth-order valence-corrected chi connectivity index (χ4v) is 3.53. The molecule has 3 rings (SSSR count). The zero-order valence-corrected chi connectivity index (χ0v) is 17.0. The summed E-state index contributed by atoms with van der Waals surface area (Å²) in [4.78, 5) is 12.3. The molecular weight excluding hydrogens is 383 g/mol. The van der Waals surface area contributed by atoms with Gasteiger partial charge in [0.2, 0.25) is 6.41 Å². The third-order valence-corrected chi connectivity index (χ3v) is 5.22. The monoisotopic (exact) mass is 408 g/mol.